The third-order valence-corrected chi connectivity index (χ3v) is 6.24. The van der Waals surface area contributed by atoms with Gasteiger partial charge in [-0.15, -0.1) is 0 Å². The van der Waals surface area contributed by atoms with Gasteiger partial charge >= 0.3 is 5.97 Å². The van der Waals surface area contributed by atoms with Crippen LogP contribution in [0.15, 0.2) is 79.3 Å². The monoisotopic (exact) mass is 480 g/mol. The molecule has 5 rings (SSSR count). The molecule has 2 heterocycles. The summed E-state index contributed by atoms with van der Waals surface area (Å²) in [6, 6.07) is 22.1. The van der Waals surface area contributed by atoms with Gasteiger partial charge in [0.2, 0.25) is 0 Å². The zero-order chi connectivity index (χ0) is 25.2. The number of carboxylic acids is 1. The van der Waals surface area contributed by atoms with Crippen LogP contribution in [0.3, 0.4) is 0 Å². The van der Waals surface area contributed by atoms with Crippen LogP contribution in [0.5, 0.6) is 6.01 Å². The third kappa shape index (κ3) is 4.47. The minimum atomic E-state index is -0.935. The van der Waals surface area contributed by atoms with Crippen molar-refractivity contribution in [3.8, 4) is 28.4 Å². The van der Waals surface area contributed by atoms with E-state index >= 15 is 0 Å². The topological polar surface area (TPSA) is 82.2 Å². The van der Waals surface area contributed by atoms with Crippen molar-refractivity contribution in [1.82, 2.24) is 19.1 Å². The molecule has 0 unspecified atom stereocenters. The van der Waals surface area contributed by atoms with Crippen LogP contribution in [-0.2, 0) is 6.54 Å². The number of carboxylic acid groups (broad SMARTS) is 1. The Bertz CT molecular complexity index is 1530. The van der Waals surface area contributed by atoms with Gasteiger partial charge < -0.3 is 14.4 Å². The van der Waals surface area contributed by atoms with E-state index in [2.05, 4.69) is 40.2 Å². The normalized spacial score (nSPS) is 11.3. The number of aromatic carboxylic acids is 1. The Morgan fingerprint density at radius 3 is 2.47 bits per heavy atom. The van der Waals surface area contributed by atoms with Crippen molar-refractivity contribution >= 4 is 17.0 Å². The number of hydrogen-bond acceptors (Lipinski definition) is 4. The number of nitrogens with zero attached hydrogens (tertiary/aromatic N) is 4. The highest BCUT2D eigenvalue weighted by Crippen LogP contribution is 2.29. The maximum atomic E-state index is 11.6. The Labute approximate surface area is 209 Å². The number of rotatable bonds is 8. The van der Waals surface area contributed by atoms with E-state index in [1.165, 1.54) is 0 Å². The molecule has 7 nitrogen and oxygen atoms in total. The molecule has 0 bridgehead atoms. The van der Waals surface area contributed by atoms with Crippen LogP contribution < -0.4 is 4.74 Å². The minimum Gasteiger partial charge on any atom is -0.478 e. The molecule has 0 aliphatic carbocycles. The van der Waals surface area contributed by atoms with E-state index in [0.717, 1.165) is 33.4 Å². The number of imidazole rings is 2. The number of hydrogen-bond donors (Lipinski definition) is 1. The summed E-state index contributed by atoms with van der Waals surface area (Å²) < 4.78 is 10.0. The van der Waals surface area contributed by atoms with E-state index in [4.69, 9.17) is 9.72 Å². The largest absolute Gasteiger partial charge is 0.478 e. The second-order valence-electron chi connectivity index (χ2n) is 8.96. The van der Waals surface area contributed by atoms with Crippen LogP contribution in [0.1, 0.15) is 42.7 Å². The van der Waals surface area contributed by atoms with Crippen molar-refractivity contribution in [3.05, 3.63) is 90.4 Å². The molecule has 36 heavy (non-hydrogen) atoms. The van der Waals surface area contributed by atoms with Crippen LogP contribution in [0.4, 0.5) is 0 Å². The van der Waals surface area contributed by atoms with E-state index in [1.807, 2.05) is 61.8 Å². The molecular weight excluding hydrogens is 452 g/mol. The van der Waals surface area contributed by atoms with E-state index < -0.39 is 5.97 Å². The smallest absolute Gasteiger partial charge is 0.336 e. The summed E-state index contributed by atoms with van der Waals surface area (Å²) in [6.07, 6.45) is 3.92. The summed E-state index contributed by atoms with van der Waals surface area (Å²) in [5.41, 5.74) is 6.67. The summed E-state index contributed by atoms with van der Waals surface area (Å²) in [6.45, 7) is 7.28. The van der Waals surface area contributed by atoms with Crippen molar-refractivity contribution in [3.63, 3.8) is 0 Å². The Kier molecular flexibility index (Phi) is 6.29. The lowest BCUT2D eigenvalue weighted by molar-refractivity contribution is 0.0697. The van der Waals surface area contributed by atoms with E-state index in [-0.39, 0.29) is 5.56 Å². The lowest BCUT2D eigenvalue weighted by atomic mass is 9.99. The summed E-state index contributed by atoms with van der Waals surface area (Å²) in [5, 5.41) is 9.54. The molecule has 0 aliphatic rings. The van der Waals surface area contributed by atoms with Gasteiger partial charge in [-0.25, -0.2) is 9.78 Å². The van der Waals surface area contributed by atoms with Crippen molar-refractivity contribution in [2.75, 3.05) is 6.61 Å². The van der Waals surface area contributed by atoms with Crippen LogP contribution in [0.2, 0.25) is 0 Å². The quantitative estimate of drug-likeness (QED) is 0.282. The standard InChI is InChI=1S/C29H28N4O3/c1-4-36-29-31-25-14-13-22(26-17-32(18-30-26)19(2)3)15-27(25)33(29)16-20-9-11-21(12-10-20)23-7-5-6-8-24(23)28(34)35/h5-15,17-19H,4,16H2,1-3H3,(H,34,35). The van der Waals surface area contributed by atoms with Gasteiger partial charge in [-0.1, -0.05) is 48.5 Å². The lowest BCUT2D eigenvalue weighted by Crippen LogP contribution is -2.05. The second kappa shape index (κ2) is 9.70. The molecule has 0 aliphatic heterocycles. The molecule has 0 saturated carbocycles. The molecule has 1 N–H and O–H groups in total. The first kappa shape index (κ1) is 23.4. The number of carbonyl (C=O) groups is 1. The van der Waals surface area contributed by atoms with Gasteiger partial charge in [-0.05, 0) is 55.7 Å². The van der Waals surface area contributed by atoms with Crippen molar-refractivity contribution in [2.24, 2.45) is 0 Å². The van der Waals surface area contributed by atoms with Crippen LogP contribution in [0, 0.1) is 0 Å². The predicted molar refractivity (Wildman–Crippen MR) is 140 cm³/mol. The average molecular weight is 481 g/mol. The molecular formula is C29H28N4O3. The summed E-state index contributed by atoms with van der Waals surface area (Å²) in [7, 11) is 0. The molecule has 7 heteroatoms. The second-order valence-corrected chi connectivity index (χ2v) is 8.96. The molecule has 2 aromatic heterocycles. The van der Waals surface area contributed by atoms with Crippen molar-refractivity contribution < 1.29 is 14.6 Å². The fourth-order valence-electron chi connectivity index (χ4n) is 4.31. The third-order valence-electron chi connectivity index (χ3n) is 6.24. The molecule has 182 valence electrons. The summed E-state index contributed by atoms with van der Waals surface area (Å²) in [4.78, 5) is 20.9. The minimum absolute atomic E-state index is 0.289. The fraction of sp³-hybridized carbons (Fsp3) is 0.207. The van der Waals surface area contributed by atoms with Gasteiger partial charge in [-0.3, -0.25) is 4.57 Å². The van der Waals surface area contributed by atoms with Gasteiger partial charge in [0.05, 0.1) is 41.8 Å². The van der Waals surface area contributed by atoms with Gasteiger partial charge in [0.25, 0.3) is 6.01 Å². The molecule has 0 fully saturated rings. The zero-order valence-electron chi connectivity index (χ0n) is 20.5. The number of fused-ring (bicyclic) bond motifs is 1. The summed E-state index contributed by atoms with van der Waals surface area (Å²) >= 11 is 0. The lowest BCUT2D eigenvalue weighted by Gasteiger charge is -2.11. The maximum Gasteiger partial charge on any atom is 0.336 e. The van der Waals surface area contributed by atoms with Crippen molar-refractivity contribution in [2.45, 2.75) is 33.4 Å². The first-order valence-corrected chi connectivity index (χ1v) is 12.0. The first-order chi connectivity index (χ1) is 17.4. The molecule has 0 saturated heterocycles. The molecule has 5 aromatic rings. The molecule has 3 aromatic carbocycles. The number of ether oxygens (including phenoxy) is 1. The highest BCUT2D eigenvalue weighted by molar-refractivity contribution is 5.96. The van der Waals surface area contributed by atoms with E-state index in [9.17, 15) is 9.90 Å². The average Bonchev–Trinajstić information content (AvgIpc) is 3.50. The number of benzene rings is 3. The van der Waals surface area contributed by atoms with Gasteiger partial charge in [-0.2, -0.15) is 4.98 Å². The fourth-order valence-corrected chi connectivity index (χ4v) is 4.31. The van der Waals surface area contributed by atoms with Gasteiger partial charge in [0.1, 0.15) is 0 Å². The van der Waals surface area contributed by atoms with Crippen molar-refractivity contribution in [1.29, 1.82) is 0 Å². The zero-order valence-corrected chi connectivity index (χ0v) is 20.5. The highest BCUT2D eigenvalue weighted by Gasteiger charge is 2.15. The first-order valence-electron chi connectivity index (χ1n) is 12.0. The van der Waals surface area contributed by atoms with Crippen LogP contribution in [-0.4, -0.2) is 36.8 Å². The highest BCUT2D eigenvalue weighted by atomic mass is 16.5. The van der Waals surface area contributed by atoms with Crippen LogP contribution in [0.25, 0.3) is 33.4 Å². The summed E-state index contributed by atoms with van der Waals surface area (Å²) in [5.74, 6) is -0.935. The predicted octanol–water partition coefficient (Wildman–Crippen LogP) is 6.29. The Hall–Kier alpha value is -4.39. The molecule has 0 radical (unpaired) electrons. The molecule has 0 atom stereocenters. The van der Waals surface area contributed by atoms with E-state index in [0.29, 0.717) is 30.8 Å². The SMILES string of the molecule is CCOc1nc2ccc(-c3cn(C(C)C)cn3)cc2n1Cc1ccc(-c2ccccc2C(=O)O)cc1. The van der Waals surface area contributed by atoms with Gasteiger partial charge in [0, 0.05) is 17.8 Å². The molecule has 0 spiro atoms. The molecule has 0 amide bonds. The number of aromatic nitrogens is 4. The Balaban J connectivity index is 1.50. The Morgan fingerprint density at radius 2 is 1.78 bits per heavy atom. The Morgan fingerprint density at radius 1 is 1.03 bits per heavy atom. The van der Waals surface area contributed by atoms with Gasteiger partial charge in [0.15, 0.2) is 0 Å². The maximum absolute atomic E-state index is 11.6. The van der Waals surface area contributed by atoms with E-state index in [1.54, 1.807) is 12.1 Å². The van der Waals surface area contributed by atoms with Crippen LogP contribution >= 0.6 is 0 Å².